The molecule has 1 aromatic heterocycles. The number of aldehydes is 1. The Morgan fingerprint density at radius 2 is 1.79 bits per heavy atom. The quantitative estimate of drug-likeness (QED) is 0.715. The van der Waals surface area contributed by atoms with Crippen LogP contribution in [0.4, 0.5) is 0 Å². The predicted octanol–water partition coefficient (Wildman–Crippen LogP) is 4.60. The maximum Gasteiger partial charge on any atom is 0.168 e. The van der Waals surface area contributed by atoms with Crippen molar-refractivity contribution in [1.29, 1.82) is 0 Å². The maximum absolute atomic E-state index is 11.1. The monoisotopic (exact) mass is 318 g/mol. The van der Waals surface area contributed by atoms with E-state index >= 15 is 0 Å². The Bertz CT molecular complexity index is 878. The highest BCUT2D eigenvalue weighted by Gasteiger charge is 2.14. The first kappa shape index (κ1) is 16.3. The normalized spacial score (nSPS) is 11.6. The second-order valence-corrected chi connectivity index (χ2v) is 6.99. The minimum Gasteiger partial charge on any atom is -0.308 e. The third-order valence-electron chi connectivity index (χ3n) is 3.97. The van der Waals surface area contributed by atoms with E-state index in [-0.39, 0.29) is 5.54 Å². The van der Waals surface area contributed by atoms with E-state index in [1.165, 1.54) is 10.9 Å². The third-order valence-corrected chi connectivity index (χ3v) is 3.97. The van der Waals surface area contributed by atoms with Crippen LogP contribution in [-0.2, 0) is 6.54 Å². The lowest BCUT2D eigenvalue weighted by atomic mass is 9.95. The number of nitrogens with zero attached hydrogens (tertiary/aromatic N) is 1. The number of rotatable bonds is 4. The molecule has 0 spiro atoms. The van der Waals surface area contributed by atoms with Crippen molar-refractivity contribution >= 4 is 17.1 Å². The molecule has 0 aliphatic carbocycles. The summed E-state index contributed by atoms with van der Waals surface area (Å²) < 4.78 is 0. The first-order valence-corrected chi connectivity index (χ1v) is 8.16. The summed E-state index contributed by atoms with van der Waals surface area (Å²) in [5.74, 6) is 0. The first-order chi connectivity index (χ1) is 11.5. The summed E-state index contributed by atoms with van der Waals surface area (Å²) in [7, 11) is 0. The van der Waals surface area contributed by atoms with Crippen LogP contribution in [0.25, 0.3) is 22.0 Å². The lowest BCUT2D eigenvalue weighted by Gasteiger charge is -2.22. The Morgan fingerprint density at radius 3 is 2.54 bits per heavy atom. The van der Waals surface area contributed by atoms with Crippen molar-refractivity contribution in [3.63, 3.8) is 0 Å². The molecular formula is C21H22N2O. The van der Waals surface area contributed by atoms with E-state index in [0.29, 0.717) is 5.69 Å². The highest BCUT2D eigenvalue weighted by atomic mass is 16.1. The molecular weight excluding hydrogens is 296 g/mol. The van der Waals surface area contributed by atoms with Crippen molar-refractivity contribution in [2.75, 3.05) is 0 Å². The molecule has 0 aliphatic heterocycles. The van der Waals surface area contributed by atoms with E-state index in [2.05, 4.69) is 55.3 Å². The summed E-state index contributed by atoms with van der Waals surface area (Å²) in [6.45, 7) is 7.20. The van der Waals surface area contributed by atoms with Crippen molar-refractivity contribution in [1.82, 2.24) is 10.3 Å². The van der Waals surface area contributed by atoms with Gasteiger partial charge in [-0.25, -0.2) is 4.98 Å². The summed E-state index contributed by atoms with van der Waals surface area (Å²) in [6, 6.07) is 18.2. The molecule has 24 heavy (non-hydrogen) atoms. The molecule has 3 nitrogen and oxygen atoms in total. The molecule has 1 heterocycles. The first-order valence-electron chi connectivity index (χ1n) is 8.16. The van der Waals surface area contributed by atoms with Crippen LogP contribution < -0.4 is 5.32 Å². The minimum atomic E-state index is 0.0288. The number of carbonyl (C=O) groups is 1. The number of carbonyl (C=O) groups excluding carboxylic acids is 1. The zero-order chi connectivity index (χ0) is 17.2. The second-order valence-electron chi connectivity index (χ2n) is 6.99. The fraction of sp³-hybridized carbons (Fsp3) is 0.238. The number of hydrogen-bond donors (Lipinski definition) is 1. The van der Waals surface area contributed by atoms with E-state index in [0.717, 1.165) is 29.5 Å². The third kappa shape index (κ3) is 3.52. The van der Waals surface area contributed by atoms with Gasteiger partial charge in [0.2, 0.25) is 0 Å². The highest BCUT2D eigenvalue weighted by molar-refractivity contribution is 5.97. The van der Waals surface area contributed by atoms with Gasteiger partial charge in [0.05, 0.1) is 5.69 Å². The Kier molecular flexibility index (Phi) is 4.45. The van der Waals surface area contributed by atoms with Gasteiger partial charge in [-0.05, 0) is 49.2 Å². The molecule has 0 aliphatic rings. The summed E-state index contributed by atoms with van der Waals surface area (Å²) in [4.78, 5) is 15.6. The maximum atomic E-state index is 11.1. The average molecular weight is 318 g/mol. The van der Waals surface area contributed by atoms with Crippen LogP contribution in [0.5, 0.6) is 0 Å². The molecule has 0 atom stereocenters. The number of aromatic nitrogens is 1. The van der Waals surface area contributed by atoms with Gasteiger partial charge in [0.25, 0.3) is 0 Å². The predicted molar refractivity (Wildman–Crippen MR) is 99.2 cm³/mol. The number of pyridine rings is 1. The van der Waals surface area contributed by atoms with Gasteiger partial charge >= 0.3 is 0 Å². The van der Waals surface area contributed by atoms with E-state index in [4.69, 9.17) is 0 Å². The van der Waals surface area contributed by atoms with Gasteiger partial charge in [0, 0.05) is 17.6 Å². The van der Waals surface area contributed by atoms with E-state index in [9.17, 15) is 4.79 Å². The van der Waals surface area contributed by atoms with Gasteiger partial charge in [-0.1, -0.05) is 42.5 Å². The molecule has 122 valence electrons. The largest absolute Gasteiger partial charge is 0.308 e. The fourth-order valence-electron chi connectivity index (χ4n) is 2.78. The van der Waals surface area contributed by atoms with Crippen LogP contribution in [0.15, 0.2) is 54.6 Å². The van der Waals surface area contributed by atoms with Crippen LogP contribution >= 0.6 is 0 Å². The number of hydrogen-bond acceptors (Lipinski definition) is 3. The molecule has 0 amide bonds. The molecule has 1 N–H and O–H groups in total. The minimum absolute atomic E-state index is 0.0288. The zero-order valence-electron chi connectivity index (χ0n) is 14.3. The number of nitrogens with one attached hydrogen (secondary N) is 1. The summed E-state index contributed by atoms with van der Waals surface area (Å²) >= 11 is 0. The van der Waals surface area contributed by atoms with Crippen molar-refractivity contribution in [3.05, 3.63) is 65.9 Å². The molecule has 3 aromatic rings. The highest BCUT2D eigenvalue weighted by Crippen LogP contribution is 2.31. The van der Waals surface area contributed by atoms with Gasteiger partial charge < -0.3 is 5.32 Å². The topological polar surface area (TPSA) is 42.0 Å². The van der Waals surface area contributed by atoms with Gasteiger partial charge in [0.15, 0.2) is 6.29 Å². The van der Waals surface area contributed by atoms with E-state index < -0.39 is 0 Å². The van der Waals surface area contributed by atoms with Gasteiger partial charge in [-0.3, -0.25) is 4.79 Å². The number of fused-ring (bicyclic) bond motifs is 1. The average Bonchev–Trinajstić information content (AvgIpc) is 2.58. The lowest BCUT2D eigenvalue weighted by Crippen LogP contribution is -2.35. The van der Waals surface area contributed by atoms with Crippen molar-refractivity contribution in [2.45, 2.75) is 32.9 Å². The molecule has 3 rings (SSSR count). The van der Waals surface area contributed by atoms with Crippen LogP contribution in [0.1, 0.15) is 36.8 Å². The standard InChI is InChI=1S/C21H22N2O/c1-21(2,3)22-13-16-12-11-15-7-4-5-9-18(15)20(16)19-10-6-8-17(14-24)23-19/h4-12,14,22H,13H2,1-3H3. The lowest BCUT2D eigenvalue weighted by molar-refractivity contribution is 0.111. The van der Waals surface area contributed by atoms with Crippen LogP contribution in [0, 0.1) is 0 Å². The Balaban J connectivity index is 2.19. The van der Waals surface area contributed by atoms with Crippen molar-refractivity contribution in [2.24, 2.45) is 0 Å². The van der Waals surface area contributed by atoms with Gasteiger partial charge in [0.1, 0.15) is 5.69 Å². The van der Waals surface area contributed by atoms with E-state index in [1.807, 2.05) is 24.3 Å². The summed E-state index contributed by atoms with van der Waals surface area (Å²) in [5, 5.41) is 5.87. The van der Waals surface area contributed by atoms with Gasteiger partial charge in [-0.15, -0.1) is 0 Å². The van der Waals surface area contributed by atoms with Crippen LogP contribution in [-0.4, -0.2) is 16.8 Å². The van der Waals surface area contributed by atoms with Crippen molar-refractivity contribution in [3.8, 4) is 11.3 Å². The Morgan fingerprint density at radius 1 is 1.00 bits per heavy atom. The summed E-state index contributed by atoms with van der Waals surface area (Å²) in [6.07, 6.45) is 0.793. The van der Waals surface area contributed by atoms with E-state index in [1.54, 1.807) is 6.07 Å². The summed E-state index contributed by atoms with van der Waals surface area (Å²) in [5.41, 5.74) is 3.59. The zero-order valence-corrected chi connectivity index (χ0v) is 14.3. The smallest absolute Gasteiger partial charge is 0.168 e. The Labute approximate surface area is 142 Å². The molecule has 0 bridgehead atoms. The van der Waals surface area contributed by atoms with Crippen molar-refractivity contribution < 1.29 is 4.79 Å². The van der Waals surface area contributed by atoms with Crippen LogP contribution in [0.2, 0.25) is 0 Å². The molecule has 2 aromatic carbocycles. The molecule has 0 saturated heterocycles. The SMILES string of the molecule is CC(C)(C)NCc1ccc2ccccc2c1-c1cccc(C=O)n1. The molecule has 0 fully saturated rings. The molecule has 3 heteroatoms. The molecule has 0 radical (unpaired) electrons. The fourth-order valence-corrected chi connectivity index (χ4v) is 2.78. The molecule has 0 unspecified atom stereocenters. The Hall–Kier alpha value is -2.52. The second kappa shape index (κ2) is 6.54. The van der Waals surface area contributed by atoms with Crippen LogP contribution in [0.3, 0.4) is 0 Å². The number of benzene rings is 2. The molecule has 0 saturated carbocycles. The van der Waals surface area contributed by atoms with Gasteiger partial charge in [-0.2, -0.15) is 0 Å².